The van der Waals surface area contributed by atoms with Crippen molar-refractivity contribution in [2.45, 2.75) is 0 Å². The maximum absolute atomic E-state index is 10.7. The Bertz CT molecular complexity index is 448. The summed E-state index contributed by atoms with van der Waals surface area (Å²) in [5, 5.41) is 17.4. The maximum Gasteiger partial charge on any atom is 0.336 e. The molecule has 0 saturated heterocycles. The molecule has 0 fully saturated rings. The van der Waals surface area contributed by atoms with Gasteiger partial charge in [-0.2, -0.15) is 5.26 Å². The Kier molecular flexibility index (Phi) is 2.99. The fourth-order valence-corrected chi connectivity index (χ4v) is 1.59. The number of carbonyl (C=O) groups excluding carboxylic acids is 1. The van der Waals surface area contributed by atoms with Crippen LogP contribution >= 0.6 is 15.9 Å². The minimum absolute atomic E-state index is 0.0350. The molecular weight excluding hydrogens is 250 g/mol. The van der Waals surface area contributed by atoms with Gasteiger partial charge in [-0.3, -0.25) is 4.79 Å². The largest absolute Gasteiger partial charge is 0.478 e. The van der Waals surface area contributed by atoms with Crippen LogP contribution in [0.3, 0.4) is 0 Å². The van der Waals surface area contributed by atoms with E-state index in [2.05, 4.69) is 15.9 Å². The first kappa shape index (κ1) is 10.4. The second-order valence-electron chi connectivity index (χ2n) is 2.43. The number of hydrogen-bond donors (Lipinski definition) is 1. The molecule has 70 valence electrons. The monoisotopic (exact) mass is 253 g/mol. The normalized spacial score (nSPS) is 9.14. The van der Waals surface area contributed by atoms with Gasteiger partial charge in [0.25, 0.3) is 0 Å². The van der Waals surface area contributed by atoms with Gasteiger partial charge in [-0.05, 0) is 28.1 Å². The van der Waals surface area contributed by atoms with Gasteiger partial charge in [0.1, 0.15) is 6.07 Å². The molecule has 0 aliphatic carbocycles. The molecule has 0 spiro atoms. The van der Waals surface area contributed by atoms with Crippen molar-refractivity contribution in [3.63, 3.8) is 0 Å². The third kappa shape index (κ3) is 1.65. The van der Waals surface area contributed by atoms with E-state index in [0.29, 0.717) is 6.29 Å². The summed E-state index contributed by atoms with van der Waals surface area (Å²) in [4.78, 5) is 21.2. The highest BCUT2D eigenvalue weighted by Crippen LogP contribution is 2.23. The smallest absolute Gasteiger partial charge is 0.336 e. The molecule has 0 atom stereocenters. The Balaban J connectivity index is 3.52. The zero-order valence-electron chi connectivity index (χ0n) is 6.82. The van der Waals surface area contributed by atoms with Crippen LogP contribution in [-0.2, 0) is 0 Å². The lowest BCUT2D eigenvalue weighted by atomic mass is 10.1. The van der Waals surface area contributed by atoms with Crippen LogP contribution < -0.4 is 0 Å². The highest BCUT2D eigenvalue weighted by atomic mass is 79.9. The first-order chi connectivity index (χ1) is 6.61. The van der Waals surface area contributed by atoms with Crippen LogP contribution in [0.5, 0.6) is 0 Å². The van der Waals surface area contributed by atoms with Gasteiger partial charge < -0.3 is 5.11 Å². The summed E-state index contributed by atoms with van der Waals surface area (Å²) < 4.78 is 0.136. The number of nitrogens with zero attached hydrogens (tertiary/aromatic N) is 1. The summed E-state index contributed by atoms with van der Waals surface area (Å²) >= 11 is 2.97. The summed E-state index contributed by atoms with van der Waals surface area (Å²) in [6.45, 7) is 0. The van der Waals surface area contributed by atoms with Gasteiger partial charge in [0.05, 0.1) is 15.6 Å². The summed E-state index contributed by atoms with van der Waals surface area (Å²) in [5.74, 6) is -1.15. The number of aromatic carboxylic acids is 1. The Morgan fingerprint density at radius 2 is 2.21 bits per heavy atom. The highest BCUT2D eigenvalue weighted by Gasteiger charge is 2.14. The summed E-state index contributed by atoms with van der Waals surface area (Å²) in [6, 6.07) is 4.35. The lowest BCUT2D eigenvalue weighted by molar-refractivity contribution is 0.0695. The van der Waals surface area contributed by atoms with E-state index in [0.717, 1.165) is 0 Å². The molecule has 5 heteroatoms. The van der Waals surface area contributed by atoms with Gasteiger partial charge in [0, 0.05) is 5.56 Å². The number of nitriles is 1. The third-order valence-electron chi connectivity index (χ3n) is 1.64. The molecule has 1 rings (SSSR count). The van der Waals surface area contributed by atoms with Gasteiger partial charge in [0.2, 0.25) is 0 Å². The fourth-order valence-electron chi connectivity index (χ4n) is 0.968. The fraction of sp³-hybridized carbons (Fsp3) is 0. The Morgan fingerprint density at radius 3 is 2.64 bits per heavy atom. The van der Waals surface area contributed by atoms with Crippen molar-refractivity contribution in [1.29, 1.82) is 5.26 Å². The lowest BCUT2D eigenvalue weighted by Crippen LogP contribution is -2.01. The zero-order chi connectivity index (χ0) is 10.7. The van der Waals surface area contributed by atoms with Gasteiger partial charge in [-0.25, -0.2) is 4.79 Å². The number of rotatable bonds is 2. The predicted octanol–water partition coefficient (Wildman–Crippen LogP) is 1.83. The SMILES string of the molecule is N#Cc1c(C=O)ccc(C(=O)O)c1Br. The van der Waals surface area contributed by atoms with Gasteiger partial charge >= 0.3 is 5.97 Å². The highest BCUT2D eigenvalue weighted by molar-refractivity contribution is 9.10. The van der Waals surface area contributed by atoms with Gasteiger partial charge in [-0.15, -0.1) is 0 Å². The molecule has 0 amide bonds. The van der Waals surface area contributed by atoms with E-state index in [9.17, 15) is 9.59 Å². The minimum atomic E-state index is -1.15. The van der Waals surface area contributed by atoms with Crippen molar-refractivity contribution >= 4 is 28.2 Å². The molecule has 0 bridgehead atoms. The van der Waals surface area contributed by atoms with Gasteiger partial charge in [-0.1, -0.05) is 0 Å². The summed E-state index contributed by atoms with van der Waals surface area (Å²) in [7, 11) is 0. The number of hydrogen-bond acceptors (Lipinski definition) is 3. The Morgan fingerprint density at radius 1 is 1.57 bits per heavy atom. The average molecular weight is 254 g/mol. The number of aldehydes is 1. The quantitative estimate of drug-likeness (QED) is 0.816. The molecule has 1 aromatic carbocycles. The van der Waals surface area contributed by atoms with Crippen LogP contribution in [0.2, 0.25) is 0 Å². The lowest BCUT2D eigenvalue weighted by Gasteiger charge is -2.02. The van der Waals surface area contributed by atoms with Gasteiger partial charge in [0.15, 0.2) is 6.29 Å². The number of carbonyl (C=O) groups is 2. The van der Waals surface area contributed by atoms with Crippen molar-refractivity contribution in [2.75, 3.05) is 0 Å². The first-order valence-electron chi connectivity index (χ1n) is 3.53. The van der Waals surface area contributed by atoms with Crippen molar-refractivity contribution in [3.05, 3.63) is 33.3 Å². The van der Waals surface area contributed by atoms with Crippen molar-refractivity contribution in [3.8, 4) is 6.07 Å². The van der Waals surface area contributed by atoms with Crippen LogP contribution in [0.15, 0.2) is 16.6 Å². The molecule has 4 nitrogen and oxygen atoms in total. The average Bonchev–Trinajstić information content (AvgIpc) is 2.16. The topological polar surface area (TPSA) is 78.2 Å². The second-order valence-corrected chi connectivity index (χ2v) is 3.22. The number of carboxylic acid groups (broad SMARTS) is 1. The summed E-state index contributed by atoms with van der Waals surface area (Å²) in [5.41, 5.74) is 0.177. The maximum atomic E-state index is 10.7. The van der Waals surface area contributed by atoms with E-state index in [1.165, 1.54) is 12.1 Å². The second kappa shape index (κ2) is 4.03. The molecule has 0 aromatic heterocycles. The molecule has 0 saturated carbocycles. The Hall–Kier alpha value is -1.67. The molecule has 0 aliphatic rings. The molecule has 1 N–H and O–H groups in total. The van der Waals surface area contributed by atoms with E-state index in [1.54, 1.807) is 6.07 Å². The predicted molar refractivity (Wildman–Crippen MR) is 51.2 cm³/mol. The van der Waals surface area contributed by atoms with E-state index in [-0.39, 0.29) is 21.2 Å². The minimum Gasteiger partial charge on any atom is -0.478 e. The molecule has 0 radical (unpaired) electrons. The molecule has 1 aromatic rings. The Labute approximate surface area is 87.9 Å². The summed E-state index contributed by atoms with van der Waals surface area (Å²) in [6.07, 6.45) is 0.509. The number of carboxylic acids is 1. The number of benzene rings is 1. The molecular formula is C9H4BrNO3. The van der Waals surface area contributed by atoms with Crippen LogP contribution in [0.4, 0.5) is 0 Å². The van der Waals surface area contributed by atoms with E-state index in [4.69, 9.17) is 10.4 Å². The zero-order valence-corrected chi connectivity index (χ0v) is 8.41. The molecule has 0 aliphatic heterocycles. The van der Waals surface area contributed by atoms with Crippen molar-refractivity contribution < 1.29 is 14.7 Å². The van der Waals surface area contributed by atoms with Crippen LogP contribution in [0.1, 0.15) is 26.3 Å². The van der Waals surface area contributed by atoms with E-state index >= 15 is 0 Å². The van der Waals surface area contributed by atoms with E-state index < -0.39 is 5.97 Å². The number of halogens is 1. The van der Waals surface area contributed by atoms with Crippen LogP contribution in [0, 0.1) is 11.3 Å². The molecule has 0 heterocycles. The first-order valence-corrected chi connectivity index (χ1v) is 4.32. The molecule has 0 unspecified atom stereocenters. The van der Waals surface area contributed by atoms with Crippen molar-refractivity contribution in [1.82, 2.24) is 0 Å². The van der Waals surface area contributed by atoms with Crippen LogP contribution in [0.25, 0.3) is 0 Å². The standard InChI is InChI=1S/C9H4BrNO3/c10-8-6(9(13)14)2-1-5(4-12)7(8)3-11/h1-2,4H,(H,13,14). The van der Waals surface area contributed by atoms with Crippen molar-refractivity contribution in [2.24, 2.45) is 0 Å². The third-order valence-corrected chi connectivity index (χ3v) is 2.47. The van der Waals surface area contributed by atoms with E-state index in [1.807, 2.05) is 0 Å². The molecule has 14 heavy (non-hydrogen) atoms. The van der Waals surface area contributed by atoms with Crippen LogP contribution in [-0.4, -0.2) is 17.4 Å².